The Bertz CT molecular complexity index is 1110. The van der Waals surface area contributed by atoms with Crippen molar-refractivity contribution < 1.29 is 19.1 Å². The lowest BCUT2D eigenvalue weighted by Gasteiger charge is -2.38. The van der Waals surface area contributed by atoms with E-state index in [0.29, 0.717) is 25.1 Å². The fraction of sp³-hybridized carbons (Fsp3) is 0.318. The van der Waals surface area contributed by atoms with Gasteiger partial charge in [0.05, 0.1) is 10.3 Å². The van der Waals surface area contributed by atoms with Crippen molar-refractivity contribution in [3.05, 3.63) is 64.5 Å². The van der Waals surface area contributed by atoms with E-state index >= 15 is 0 Å². The Balaban J connectivity index is 1.49. The van der Waals surface area contributed by atoms with Crippen LogP contribution in [0.3, 0.4) is 0 Å². The van der Waals surface area contributed by atoms with E-state index in [1.807, 2.05) is 12.1 Å². The molecule has 5 rings (SSSR count). The lowest BCUT2D eigenvalue weighted by Crippen LogP contribution is -2.40. The summed E-state index contributed by atoms with van der Waals surface area (Å²) in [4.78, 5) is 15.1. The van der Waals surface area contributed by atoms with E-state index in [-0.39, 0.29) is 22.8 Å². The highest BCUT2D eigenvalue weighted by Gasteiger charge is 2.35. The third-order valence-corrected chi connectivity index (χ3v) is 6.04. The van der Waals surface area contributed by atoms with Gasteiger partial charge in [0.15, 0.2) is 11.5 Å². The lowest BCUT2D eigenvalue weighted by atomic mass is 9.74. The zero-order chi connectivity index (χ0) is 20.6. The maximum atomic E-state index is 11.4. The first-order valence-corrected chi connectivity index (χ1v) is 9.89. The third-order valence-electron chi connectivity index (χ3n) is 6.04. The molecule has 0 atom stereocenters. The summed E-state index contributed by atoms with van der Waals surface area (Å²) < 4.78 is 16.7. The Hall–Kier alpha value is -3.39. The van der Waals surface area contributed by atoms with Crippen LogP contribution in [0.4, 0.5) is 11.4 Å². The van der Waals surface area contributed by atoms with Gasteiger partial charge in [-0.3, -0.25) is 15.1 Å². The van der Waals surface area contributed by atoms with Gasteiger partial charge in [-0.25, -0.2) is 0 Å². The van der Waals surface area contributed by atoms with E-state index in [9.17, 15) is 10.1 Å². The second-order valence-electron chi connectivity index (χ2n) is 7.62. The number of pyridine rings is 1. The van der Waals surface area contributed by atoms with Gasteiger partial charge in [-0.15, -0.1) is 0 Å². The van der Waals surface area contributed by atoms with Gasteiger partial charge in [0.2, 0.25) is 6.79 Å². The highest BCUT2D eigenvalue weighted by molar-refractivity contribution is 5.99. The second-order valence-corrected chi connectivity index (χ2v) is 7.62. The number of hydrogen-bond donors (Lipinski definition) is 1. The molecule has 1 saturated heterocycles. The molecule has 1 fully saturated rings. The van der Waals surface area contributed by atoms with Crippen molar-refractivity contribution in [3.63, 3.8) is 0 Å². The summed E-state index contributed by atoms with van der Waals surface area (Å²) in [5.41, 5.74) is 1.95. The highest BCUT2D eigenvalue weighted by atomic mass is 16.7. The Labute approximate surface area is 172 Å². The molecule has 0 amide bonds. The first kappa shape index (κ1) is 18.6. The molecule has 154 valence electrons. The molecule has 8 nitrogen and oxygen atoms in total. The topological polar surface area (TPSA) is 95.8 Å². The Morgan fingerprint density at radius 1 is 1.07 bits per heavy atom. The SMILES string of the molecule is O=[N+]([O-])c1ccc(NCC2(c3ccc4c(c3)OCO4)CCOCC2)c2ccncc12. The van der Waals surface area contributed by atoms with E-state index < -0.39 is 0 Å². The Morgan fingerprint density at radius 2 is 1.90 bits per heavy atom. The van der Waals surface area contributed by atoms with Crippen molar-refractivity contribution in [2.45, 2.75) is 18.3 Å². The van der Waals surface area contributed by atoms with E-state index in [0.717, 1.165) is 35.4 Å². The van der Waals surface area contributed by atoms with Crippen LogP contribution in [0.25, 0.3) is 10.8 Å². The minimum absolute atomic E-state index is 0.0557. The van der Waals surface area contributed by atoms with Gasteiger partial charge >= 0.3 is 0 Å². The van der Waals surface area contributed by atoms with Gasteiger partial charge in [0.25, 0.3) is 5.69 Å². The summed E-state index contributed by atoms with van der Waals surface area (Å²) in [7, 11) is 0. The normalized spacial score (nSPS) is 17.1. The van der Waals surface area contributed by atoms with Crippen LogP contribution in [0, 0.1) is 10.1 Å². The van der Waals surface area contributed by atoms with E-state index in [1.165, 1.54) is 11.6 Å². The molecule has 3 heterocycles. The van der Waals surface area contributed by atoms with Gasteiger partial charge < -0.3 is 19.5 Å². The number of rotatable bonds is 5. The number of non-ortho nitro benzene ring substituents is 1. The average molecular weight is 407 g/mol. The van der Waals surface area contributed by atoms with Crippen molar-refractivity contribution >= 4 is 22.1 Å². The minimum Gasteiger partial charge on any atom is -0.454 e. The van der Waals surface area contributed by atoms with Gasteiger partial charge in [0.1, 0.15) is 0 Å². The number of benzene rings is 2. The molecule has 0 radical (unpaired) electrons. The van der Waals surface area contributed by atoms with Crippen LogP contribution in [0.5, 0.6) is 11.5 Å². The zero-order valence-corrected chi connectivity index (χ0v) is 16.3. The molecule has 0 aliphatic carbocycles. The maximum Gasteiger partial charge on any atom is 0.278 e. The van der Waals surface area contributed by atoms with Gasteiger partial charge in [-0.05, 0) is 42.7 Å². The van der Waals surface area contributed by atoms with Crippen molar-refractivity contribution in [3.8, 4) is 11.5 Å². The third kappa shape index (κ3) is 3.19. The lowest BCUT2D eigenvalue weighted by molar-refractivity contribution is -0.383. The summed E-state index contributed by atoms with van der Waals surface area (Å²) in [6.07, 6.45) is 4.93. The van der Waals surface area contributed by atoms with Crippen molar-refractivity contribution in [2.75, 3.05) is 31.9 Å². The number of anilines is 1. The second kappa shape index (κ2) is 7.46. The van der Waals surface area contributed by atoms with Crippen molar-refractivity contribution in [2.24, 2.45) is 0 Å². The fourth-order valence-corrected chi connectivity index (χ4v) is 4.31. The van der Waals surface area contributed by atoms with E-state index in [4.69, 9.17) is 14.2 Å². The first-order chi connectivity index (χ1) is 14.7. The molecule has 0 saturated carbocycles. The number of nitrogens with zero attached hydrogens (tertiary/aromatic N) is 2. The molecular weight excluding hydrogens is 386 g/mol. The molecule has 2 aliphatic rings. The molecule has 30 heavy (non-hydrogen) atoms. The molecule has 2 aromatic carbocycles. The van der Waals surface area contributed by atoms with Gasteiger partial charge in [-0.1, -0.05) is 6.07 Å². The highest BCUT2D eigenvalue weighted by Crippen LogP contribution is 2.41. The maximum absolute atomic E-state index is 11.4. The summed E-state index contributed by atoms with van der Waals surface area (Å²) in [6.45, 7) is 2.28. The molecule has 0 bridgehead atoms. The molecular formula is C22H21N3O5. The van der Waals surface area contributed by atoms with Crippen molar-refractivity contribution in [1.29, 1.82) is 0 Å². The van der Waals surface area contributed by atoms with E-state index in [2.05, 4.69) is 22.4 Å². The van der Waals surface area contributed by atoms with Crippen LogP contribution in [0.1, 0.15) is 18.4 Å². The first-order valence-electron chi connectivity index (χ1n) is 9.89. The predicted octanol–water partition coefficient (Wildman–Crippen LogP) is 4.03. The molecule has 1 aromatic heterocycles. The fourth-order valence-electron chi connectivity index (χ4n) is 4.31. The monoisotopic (exact) mass is 407 g/mol. The van der Waals surface area contributed by atoms with Gasteiger partial charge in [0, 0.05) is 54.7 Å². The standard InChI is InChI=1S/C22H21N3O5/c26-25(27)19-3-2-18(16-5-8-23-12-17(16)19)24-13-22(6-9-28-10-7-22)15-1-4-20-21(11-15)30-14-29-20/h1-5,8,11-12,24H,6-7,9-10,13-14H2. The largest absolute Gasteiger partial charge is 0.454 e. The van der Waals surface area contributed by atoms with Crippen LogP contribution in [-0.2, 0) is 10.2 Å². The van der Waals surface area contributed by atoms with Crippen LogP contribution in [0.2, 0.25) is 0 Å². The smallest absolute Gasteiger partial charge is 0.278 e. The zero-order valence-electron chi connectivity index (χ0n) is 16.3. The molecule has 1 N–H and O–H groups in total. The summed E-state index contributed by atoms with van der Waals surface area (Å²) in [6, 6.07) is 11.2. The molecule has 0 unspecified atom stereocenters. The van der Waals surface area contributed by atoms with E-state index in [1.54, 1.807) is 18.5 Å². The number of aromatic nitrogens is 1. The van der Waals surface area contributed by atoms with Crippen LogP contribution in [0.15, 0.2) is 48.8 Å². The number of nitrogens with one attached hydrogen (secondary N) is 1. The molecule has 2 aliphatic heterocycles. The number of nitro benzene ring substituents is 1. The van der Waals surface area contributed by atoms with Crippen LogP contribution < -0.4 is 14.8 Å². The molecule has 0 spiro atoms. The quantitative estimate of drug-likeness (QED) is 0.504. The molecule has 8 heteroatoms. The number of hydrogen-bond acceptors (Lipinski definition) is 7. The number of fused-ring (bicyclic) bond motifs is 2. The Kier molecular flexibility index (Phi) is 4.63. The van der Waals surface area contributed by atoms with Gasteiger partial charge in [-0.2, -0.15) is 0 Å². The number of ether oxygens (including phenoxy) is 3. The predicted molar refractivity (Wildman–Crippen MR) is 111 cm³/mol. The van der Waals surface area contributed by atoms with Crippen LogP contribution >= 0.6 is 0 Å². The average Bonchev–Trinajstić information content (AvgIpc) is 3.26. The summed E-state index contributed by atoms with van der Waals surface area (Å²) >= 11 is 0. The summed E-state index contributed by atoms with van der Waals surface area (Å²) in [5, 5.41) is 16.2. The molecule has 3 aromatic rings. The van der Waals surface area contributed by atoms with Crippen molar-refractivity contribution in [1.82, 2.24) is 4.98 Å². The summed E-state index contributed by atoms with van der Waals surface area (Å²) in [5.74, 6) is 1.54. The minimum atomic E-state index is -0.375. The number of nitro groups is 1. The Morgan fingerprint density at radius 3 is 2.73 bits per heavy atom. The van der Waals surface area contributed by atoms with Crippen LogP contribution in [-0.4, -0.2) is 36.5 Å².